The minimum atomic E-state index is -1.16. The lowest BCUT2D eigenvalue weighted by atomic mass is 9.97. The number of hydrogen-bond donors (Lipinski definition) is 7. The van der Waals surface area contributed by atoms with Crippen molar-refractivity contribution in [3.05, 3.63) is 53.1 Å². The molecule has 1 rings (SSSR count). The molecule has 1 aromatic rings. The molecular weight excluding hydrogens is 1250 g/mol. The van der Waals surface area contributed by atoms with Crippen LogP contribution >= 0.6 is 30.1 Å². The number of carboxylic acid groups (broad SMARTS) is 3. The van der Waals surface area contributed by atoms with Gasteiger partial charge in [-0.1, -0.05) is 101 Å². The lowest BCUT2D eigenvalue weighted by Gasteiger charge is -2.32. The van der Waals surface area contributed by atoms with Crippen LogP contribution in [0.4, 0.5) is 9.59 Å². The van der Waals surface area contributed by atoms with E-state index in [1.807, 2.05) is 26.8 Å². The van der Waals surface area contributed by atoms with Gasteiger partial charge >= 0.3 is 30.1 Å². The highest BCUT2D eigenvalue weighted by atomic mass is 127. The van der Waals surface area contributed by atoms with Crippen molar-refractivity contribution < 1.29 is 82.2 Å². The Labute approximate surface area is 529 Å². The molecule has 0 spiro atoms. The topological polar surface area (TPSA) is 315 Å². The van der Waals surface area contributed by atoms with Crippen molar-refractivity contribution in [2.45, 2.75) is 165 Å². The minimum Gasteiger partial charge on any atom is -0.481 e. The molecular formula is C61H107IN6O17S. The summed E-state index contributed by atoms with van der Waals surface area (Å²) in [5, 5.41) is 36.6. The Kier molecular flexibility index (Phi) is 58.1. The lowest BCUT2D eigenvalue weighted by molar-refractivity contribution is -0.147. The predicted molar refractivity (Wildman–Crippen MR) is 347 cm³/mol. The number of carbonyl (C=O) groups is 9. The number of carboxylic acids is 3. The molecule has 7 N–H and O–H groups in total. The fraction of sp³-hybridized carbons (Fsp3) is 0.689. The SMILES string of the molecule is C/C=C(\C)CC(C)CC/C=C(\C)C(=O)O.CC.CC(C)CCC=O.CCC(=O)O.CCC(C)C(NC(=O)CN(C)C(=O)[C@@H](Cc1ccc(OC(=O)NCCCOCCOCCOCCCNC(=O)OCCSI)cc1)N(C)C(=O)C(C)NC)C(=O)O. The second kappa shape index (κ2) is 57.4. The number of allylic oxidation sites excluding steroid dienone is 3. The zero-order valence-corrected chi connectivity index (χ0v) is 57.1. The number of likely N-dealkylation sites (N-methyl/N-ethyl adjacent to an activating group) is 3. The number of aldehydes is 1. The van der Waals surface area contributed by atoms with E-state index in [1.54, 1.807) is 67.9 Å². The van der Waals surface area contributed by atoms with Crippen molar-refractivity contribution in [3.8, 4) is 5.75 Å². The van der Waals surface area contributed by atoms with Crippen LogP contribution in [-0.2, 0) is 58.9 Å². The Bertz CT molecular complexity index is 2090. The number of ether oxygens (including phenoxy) is 5. The number of carbonyl (C=O) groups excluding carboxylic acids is 6. The highest BCUT2D eigenvalue weighted by Crippen LogP contribution is 2.19. The van der Waals surface area contributed by atoms with Gasteiger partial charge in [0.15, 0.2) is 0 Å². The van der Waals surface area contributed by atoms with Crippen molar-refractivity contribution in [1.29, 1.82) is 0 Å². The largest absolute Gasteiger partial charge is 0.481 e. The Morgan fingerprint density at radius 1 is 0.756 bits per heavy atom. The highest BCUT2D eigenvalue weighted by Gasteiger charge is 2.33. The van der Waals surface area contributed by atoms with E-state index in [1.165, 1.54) is 29.5 Å². The van der Waals surface area contributed by atoms with E-state index in [-0.39, 0.29) is 30.4 Å². The van der Waals surface area contributed by atoms with Crippen molar-refractivity contribution in [2.75, 3.05) is 92.8 Å². The molecule has 0 aromatic heterocycles. The van der Waals surface area contributed by atoms with Gasteiger partial charge in [-0.2, -0.15) is 0 Å². The van der Waals surface area contributed by atoms with Crippen molar-refractivity contribution in [3.63, 3.8) is 0 Å². The first kappa shape index (κ1) is 87.1. The zero-order valence-electron chi connectivity index (χ0n) is 54.1. The van der Waals surface area contributed by atoms with Gasteiger partial charge in [0.05, 0.1) is 39.0 Å². The van der Waals surface area contributed by atoms with Gasteiger partial charge in [0.25, 0.3) is 0 Å². The van der Waals surface area contributed by atoms with Crippen LogP contribution in [0.3, 0.4) is 0 Å². The molecule has 23 nitrogen and oxygen atoms in total. The second-order valence-electron chi connectivity index (χ2n) is 20.1. The van der Waals surface area contributed by atoms with Crippen LogP contribution in [0.25, 0.3) is 0 Å². The number of nitrogens with zero attached hydrogens (tertiary/aromatic N) is 2. The average Bonchev–Trinajstić information content (AvgIpc) is 3.45. The third-order valence-electron chi connectivity index (χ3n) is 12.4. The maximum atomic E-state index is 13.7. The molecule has 5 atom stereocenters. The van der Waals surface area contributed by atoms with Gasteiger partial charge in [-0.05, 0) is 130 Å². The summed E-state index contributed by atoms with van der Waals surface area (Å²) in [6.07, 6.45) is 10.7. The van der Waals surface area contributed by atoms with E-state index in [0.29, 0.717) is 102 Å². The number of hydrogen-bond acceptors (Lipinski definition) is 16. The highest BCUT2D eigenvalue weighted by molar-refractivity contribution is 14.2. The van der Waals surface area contributed by atoms with Gasteiger partial charge in [-0.25, -0.2) is 19.2 Å². The lowest BCUT2D eigenvalue weighted by Crippen LogP contribution is -2.55. The molecule has 0 bridgehead atoms. The van der Waals surface area contributed by atoms with Gasteiger partial charge < -0.3 is 74.9 Å². The van der Waals surface area contributed by atoms with Gasteiger partial charge in [-0.15, -0.1) is 0 Å². The molecule has 1 aromatic carbocycles. The predicted octanol–water partition coefficient (Wildman–Crippen LogP) is 9.38. The monoisotopic (exact) mass is 1350 g/mol. The van der Waals surface area contributed by atoms with E-state index < -0.39 is 66.6 Å². The van der Waals surface area contributed by atoms with Gasteiger partial charge in [0.1, 0.15) is 30.7 Å². The average molecular weight is 1360 g/mol. The number of benzene rings is 1. The number of alkyl carbamates (subject to hydrolysis) is 1. The molecule has 0 aliphatic heterocycles. The normalized spacial score (nSPS) is 12.6. The number of rotatable bonds is 40. The summed E-state index contributed by atoms with van der Waals surface area (Å²) in [4.78, 5) is 107. The van der Waals surface area contributed by atoms with Gasteiger partial charge in [0.2, 0.25) is 17.7 Å². The maximum absolute atomic E-state index is 13.7. The van der Waals surface area contributed by atoms with Gasteiger partial charge in [0, 0.05) is 71.0 Å². The maximum Gasteiger partial charge on any atom is 0.412 e. The van der Waals surface area contributed by atoms with Crippen LogP contribution in [0.5, 0.6) is 5.75 Å². The third kappa shape index (κ3) is 49.7. The number of aliphatic carboxylic acids is 3. The zero-order chi connectivity index (χ0) is 66.4. The van der Waals surface area contributed by atoms with Crippen LogP contribution in [-0.4, -0.2) is 190 Å². The number of halogens is 1. The molecule has 4 unspecified atom stereocenters. The van der Waals surface area contributed by atoms with E-state index in [9.17, 15) is 48.3 Å². The summed E-state index contributed by atoms with van der Waals surface area (Å²) < 4.78 is 26.8. The first-order valence-corrected chi connectivity index (χ1v) is 33.1. The Morgan fingerprint density at radius 2 is 1.29 bits per heavy atom. The summed E-state index contributed by atoms with van der Waals surface area (Å²) in [7, 11) is 6.13. The number of nitrogens with one attached hydrogen (secondary N) is 4. The first-order valence-electron chi connectivity index (χ1n) is 29.6. The molecule has 0 radical (unpaired) electrons. The minimum absolute atomic E-state index is 0.0938. The number of amides is 5. The van der Waals surface area contributed by atoms with E-state index in [0.717, 1.165) is 44.1 Å². The molecule has 0 saturated carbocycles. The molecule has 5 amide bonds. The van der Waals surface area contributed by atoms with Gasteiger partial charge in [-0.3, -0.25) is 19.2 Å². The van der Waals surface area contributed by atoms with Crippen LogP contribution in [0, 0.1) is 17.8 Å². The van der Waals surface area contributed by atoms with E-state index in [4.69, 9.17) is 33.9 Å². The summed E-state index contributed by atoms with van der Waals surface area (Å²) in [6, 6.07) is 3.82. The summed E-state index contributed by atoms with van der Waals surface area (Å²) >= 11 is 2.14. The van der Waals surface area contributed by atoms with Crippen molar-refractivity contribution >= 4 is 84.2 Å². The quantitative estimate of drug-likeness (QED) is 0.0106. The first-order chi connectivity index (χ1) is 40.8. The molecule has 496 valence electrons. The molecule has 0 aliphatic carbocycles. The molecule has 0 heterocycles. The fourth-order valence-electron chi connectivity index (χ4n) is 6.81. The summed E-state index contributed by atoms with van der Waals surface area (Å²) in [5.74, 6) is -2.21. The van der Waals surface area contributed by atoms with Crippen molar-refractivity contribution in [1.82, 2.24) is 31.1 Å². The molecule has 0 aliphatic rings. The Balaban J connectivity index is -0.000000943. The Hall–Kier alpha value is -5.35. The smallest absolute Gasteiger partial charge is 0.412 e. The standard InChI is InChI=1S/C37H61IN6O12S.C13H22O2.C6H12O.C3H6O2.C2H6/c1-7-26(2)32(35(48)49)42-31(45)25-43(5)34(47)30(44(6)33(46)27(3)39-4)24-28-10-12-29(13-11-28)56-37(51)41-15-9-17-53-19-21-54-20-18-52-16-8-14-40-36(50)55-22-23-57-38;1-5-10(2)9-11(3)7-6-8-12(4)13(14)15;1-6(2)4-3-5-7;1-2-3(4)5;1-2/h10-13,26-27,30,32,39H,7-9,14-25H2,1-6H3,(H,40,50)(H,41,51)(H,42,45)(H,48,49);5,8,11H,6-7,9H2,1-4H3,(H,14,15);5-6H,3-4H2,1-2H3;2H2,1H3,(H,4,5);1-2H3/b;10-5+,12-8+;;;/t26?,27?,30-,32?;;;;/m1..../s1. The summed E-state index contributed by atoms with van der Waals surface area (Å²) in [6.45, 7) is 26.4. The molecule has 0 saturated heterocycles. The van der Waals surface area contributed by atoms with E-state index >= 15 is 0 Å². The molecule has 25 heteroatoms. The van der Waals surface area contributed by atoms with Crippen LogP contribution in [0.1, 0.15) is 146 Å². The van der Waals surface area contributed by atoms with Crippen LogP contribution < -0.4 is 26.0 Å². The summed E-state index contributed by atoms with van der Waals surface area (Å²) in [5.41, 5.74) is 2.52. The van der Waals surface area contributed by atoms with Crippen LogP contribution in [0.15, 0.2) is 47.6 Å². The Morgan fingerprint density at radius 3 is 1.73 bits per heavy atom. The third-order valence-corrected chi connectivity index (χ3v) is 14.0. The van der Waals surface area contributed by atoms with Crippen LogP contribution in [0.2, 0.25) is 0 Å². The fourth-order valence-corrected chi connectivity index (χ4v) is 7.50. The second-order valence-corrected chi connectivity index (χ2v) is 22.6. The molecule has 0 fully saturated rings. The molecule has 86 heavy (non-hydrogen) atoms. The van der Waals surface area contributed by atoms with Crippen molar-refractivity contribution in [2.24, 2.45) is 17.8 Å². The van der Waals surface area contributed by atoms with E-state index in [2.05, 4.69) is 83.2 Å².